The van der Waals surface area contributed by atoms with E-state index >= 15 is 0 Å². The first-order valence-electron chi connectivity index (χ1n) is 6.29. The van der Waals surface area contributed by atoms with Crippen LogP contribution < -0.4 is 0 Å². The maximum absolute atomic E-state index is 5.77. The van der Waals surface area contributed by atoms with Crippen molar-refractivity contribution in [1.82, 2.24) is 4.57 Å². The minimum atomic E-state index is -1.49. The maximum Gasteiger partial charge on any atom is 0.267 e. The van der Waals surface area contributed by atoms with Crippen LogP contribution in [0.1, 0.15) is 12.8 Å². The van der Waals surface area contributed by atoms with E-state index < -0.39 is 16.8 Å². The Hall–Kier alpha value is 0.314. The smallest absolute Gasteiger partial charge is 0.267 e. The number of hydrogen-bond acceptors (Lipinski definition) is 3. The summed E-state index contributed by atoms with van der Waals surface area (Å²) in [5.74, 6) is 0. The van der Waals surface area contributed by atoms with Gasteiger partial charge in [0.25, 0.3) is 8.48 Å². The topological polar surface area (TPSA) is 21.7 Å². The van der Waals surface area contributed by atoms with E-state index in [-0.39, 0.29) is 0 Å². The SMILES string of the molecule is CO[Si](C)(C)CCCN1CCC[Si]1(C)OC. The number of rotatable bonds is 6. The van der Waals surface area contributed by atoms with E-state index in [4.69, 9.17) is 8.85 Å². The molecule has 3 nitrogen and oxygen atoms in total. The Kier molecular flexibility index (Phi) is 5.19. The quantitative estimate of drug-likeness (QED) is 0.686. The highest BCUT2D eigenvalue weighted by Gasteiger charge is 2.40. The molecule has 1 fully saturated rings. The molecule has 5 heteroatoms. The standard InChI is InChI=1S/C11H27NO2Si2/c1-13-15(3,4)10-6-8-12-9-7-11-16(12,5)14-2/h6-11H2,1-5H3. The lowest BCUT2D eigenvalue weighted by atomic mass is 10.4. The summed E-state index contributed by atoms with van der Waals surface area (Å²) in [4.78, 5) is 0. The minimum absolute atomic E-state index is 1.20. The lowest BCUT2D eigenvalue weighted by molar-refractivity contribution is 0.314. The first-order valence-corrected chi connectivity index (χ1v) is 12.0. The van der Waals surface area contributed by atoms with E-state index in [9.17, 15) is 0 Å². The number of nitrogens with zero attached hydrogens (tertiary/aromatic N) is 1. The van der Waals surface area contributed by atoms with Gasteiger partial charge in [-0.15, -0.1) is 0 Å². The third-order valence-corrected chi connectivity index (χ3v) is 10.5. The zero-order valence-corrected chi connectivity index (χ0v) is 13.5. The van der Waals surface area contributed by atoms with E-state index in [1.165, 1.54) is 38.0 Å². The van der Waals surface area contributed by atoms with Crippen LogP contribution in [0.25, 0.3) is 0 Å². The molecule has 1 heterocycles. The highest BCUT2D eigenvalue weighted by molar-refractivity contribution is 6.71. The summed E-state index contributed by atoms with van der Waals surface area (Å²) in [7, 11) is 0.899. The van der Waals surface area contributed by atoms with Crippen molar-refractivity contribution in [1.29, 1.82) is 0 Å². The normalized spacial score (nSPS) is 27.6. The predicted octanol–water partition coefficient (Wildman–Crippen LogP) is 2.65. The molecule has 1 aliphatic rings. The van der Waals surface area contributed by atoms with Gasteiger partial charge in [0.2, 0.25) is 0 Å². The van der Waals surface area contributed by atoms with Crippen molar-refractivity contribution in [2.45, 2.75) is 44.6 Å². The van der Waals surface area contributed by atoms with Crippen LogP contribution in [-0.4, -0.2) is 48.7 Å². The Bertz CT molecular complexity index is 226. The molecule has 1 rings (SSSR count). The van der Waals surface area contributed by atoms with E-state index in [1.54, 1.807) is 0 Å². The molecule has 0 amide bonds. The lowest BCUT2D eigenvalue weighted by Crippen LogP contribution is -2.48. The van der Waals surface area contributed by atoms with Gasteiger partial charge in [0.1, 0.15) is 0 Å². The second-order valence-corrected chi connectivity index (χ2v) is 13.9. The van der Waals surface area contributed by atoms with Crippen LogP contribution in [-0.2, 0) is 8.85 Å². The maximum atomic E-state index is 5.77. The van der Waals surface area contributed by atoms with E-state index in [0.29, 0.717) is 0 Å². The first kappa shape index (κ1) is 14.4. The Morgan fingerprint density at radius 3 is 2.56 bits per heavy atom. The molecule has 0 aromatic rings. The second-order valence-electron chi connectivity index (χ2n) is 5.54. The van der Waals surface area contributed by atoms with Crippen molar-refractivity contribution < 1.29 is 8.85 Å². The molecule has 0 aliphatic carbocycles. The molecular weight excluding hydrogens is 234 g/mol. The van der Waals surface area contributed by atoms with Gasteiger partial charge in [-0.1, -0.05) is 0 Å². The molecule has 0 aromatic heterocycles. The van der Waals surface area contributed by atoms with Crippen molar-refractivity contribution in [2.75, 3.05) is 27.3 Å². The molecular formula is C11H27NO2Si2. The largest absolute Gasteiger partial charge is 0.420 e. The van der Waals surface area contributed by atoms with E-state index in [1.807, 2.05) is 14.2 Å². The van der Waals surface area contributed by atoms with E-state index in [0.717, 1.165) is 0 Å². The van der Waals surface area contributed by atoms with Crippen LogP contribution in [0.4, 0.5) is 0 Å². The molecule has 0 radical (unpaired) electrons. The average molecular weight is 262 g/mol. The minimum Gasteiger partial charge on any atom is -0.420 e. The molecule has 96 valence electrons. The van der Waals surface area contributed by atoms with Crippen LogP contribution in [0, 0.1) is 0 Å². The van der Waals surface area contributed by atoms with Gasteiger partial charge in [-0.05, 0) is 57.7 Å². The zero-order valence-electron chi connectivity index (χ0n) is 11.5. The molecule has 0 aromatic carbocycles. The van der Waals surface area contributed by atoms with E-state index in [2.05, 4.69) is 24.2 Å². The molecule has 1 saturated heterocycles. The molecule has 1 aliphatic heterocycles. The van der Waals surface area contributed by atoms with Crippen LogP contribution in [0.15, 0.2) is 0 Å². The molecule has 0 spiro atoms. The average Bonchev–Trinajstić information content (AvgIpc) is 2.61. The van der Waals surface area contributed by atoms with Gasteiger partial charge in [0.15, 0.2) is 8.32 Å². The van der Waals surface area contributed by atoms with Gasteiger partial charge in [-0.25, -0.2) is 0 Å². The number of hydrogen-bond donors (Lipinski definition) is 0. The monoisotopic (exact) mass is 261 g/mol. The summed E-state index contributed by atoms with van der Waals surface area (Å²) < 4.78 is 14.0. The fraction of sp³-hybridized carbons (Fsp3) is 1.00. The molecule has 0 bridgehead atoms. The Morgan fingerprint density at radius 2 is 2.00 bits per heavy atom. The van der Waals surface area contributed by atoms with Gasteiger partial charge < -0.3 is 13.4 Å². The van der Waals surface area contributed by atoms with Crippen LogP contribution in [0.3, 0.4) is 0 Å². The highest BCUT2D eigenvalue weighted by Crippen LogP contribution is 2.27. The summed E-state index contributed by atoms with van der Waals surface area (Å²) in [6.07, 6.45) is 2.58. The van der Waals surface area contributed by atoms with Crippen LogP contribution >= 0.6 is 0 Å². The second kappa shape index (κ2) is 5.77. The molecule has 16 heavy (non-hydrogen) atoms. The van der Waals surface area contributed by atoms with Gasteiger partial charge in [0.05, 0.1) is 0 Å². The summed E-state index contributed by atoms with van der Waals surface area (Å²) in [5, 5.41) is 0. The highest BCUT2D eigenvalue weighted by atomic mass is 28.4. The van der Waals surface area contributed by atoms with Crippen molar-refractivity contribution in [3.05, 3.63) is 0 Å². The van der Waals surface area contributed by atoms with Crippen molar-refractivity contribution in [3.63, 3.8) is 0 Å². The van der Waals surface area contributed by atoms with Crippen molar-refractivity contribution in [3.8, 4) is 0 Å². The third-order valence-electron chi connectivity index (χ3n) is 3.94. The molecule has 1 atom stereocenters. The fourth-order valence-electron chi connectivity index (χ4n) is 2.37. The van der Waals surface area contributed by atoms with Gasteiger partial charge in [0, 0.05) is 14.2 Å². The summed E-state index contributed by atoms with van der Waals surface area (Å²) in [6.45, 7) is 9.38. The van der Waals surface area contributed by atoms with Crippen molar-refractivity contribution in [2.24, 2.45) is 0 Å². The third kappa shape index (κ3) is 3.66. The lowest BCUT2D eigenvalue weighted by Gasteiger charge is -2.32. The summed E-state index contributed by atoms with van der Waals surface area (Å²) in [5.41, 5.74) is 0. The fourth-order valence-corrected chi connectivity index (χ4v) is 6.44. The van der Waals surface area contributed by atoms with Gasteiger partial charge >= 0.3 is 0 Å². The zero-order chi connectivity index (χ0) is 12.2. The Labute approximate surface area is 102 Å². The van der Waals surface area contributed by atoms with Gasteiger partial charge in [-0.2, -0.15) is 0 Å². The van der Waals surface area contributed by atoms with Crippen LogP contribution in [0.5, 0.6) is 0 Å². The molecule has 0 N–H and O–H groups in total. The van der Waals surface area contributed by atoms with Crippen molar-refractivity contribution >= 4 is 16.8 Å². The molecule has 1 unspecified atom stereocenters. The summed E-state index contributed by atoms with van der Waals surface area (Å²) in [6, 6.07) is 2.56. The Balaban J connectivity index is 2.33. The first-order chi connectivity index (χ1) is 7.43. The van der Waals surface area contributed by atoms with Gasteiger partial charge in [-0.3, -0.25) is 0 Å². The molecule has 0 saturated carbocycles. The van der Waals surface area contributed by atoms with Crippen LogP contribution in [0.2, 0.25) is 31.7 Å². The predicted molar refractivity (Wildman–Crippen MR) is 73.5 cm³/mol. The Morgan fingerprint density at radius 1 is 1.31 bits per heavy atom. The summed E-state index contributed by atoms with van der Waals surface area (Å²) >= 11 is 0.